The summed E-state index contributed by atoms with van der Waals surface area (Å²) in [6.45, 7) is 0. The average molecular weight is 765 g/mol. The molecule has 0 unspecified atom stereocenters. The molecule has 0 atom stereocenters. The fourth-order valence-corrected chi connectivity index (χ4v) is 8.97. The molecule has 0 aliphatic heterocycles. The zero-order chi connectivity index (χ0) is 39.8. The first-order valence-electron chi connectivity index (χ1n) is 20.6. The maximum absolute atomic E-state index is 2.51. The number of para-hydroxylation sites is 2. The first kappa shape index (κ1) is 35.2. The summed E-state index contributed by atoms with van der Waals surface area (Å²) in [5, 5.41) is 4.86. The lowest BCUT2D eigenvalue weighted by Gasteiger charge is -2.30. The van der Waals surface area contributed by atoms with Crippen molar-refractivity contribution in [1.82, 2.24) is 4.57 Å². The summed E-state index contributed by atoms with van der Waals surface area (Å²) in [5.74, 6) is 0. The molecule has 0 saturated heterocycles. The highest BCUT2D eigenvalue weighted by atomic mass is 15.2. The summed E-state index contributed by atoms with van der Waals surface area (Å²) in [6.07, 6.45) is 0. The molecule has 0 fully saturated rings. The van der Waals surface area contributed by atoms with Crippen molar-refractivity contribution >= 4 is 49.6 Å². The third kappa shape index (κ3) is 6.23. The van der Waals surface area contributed by atoms with Gasteiger partial charge in [-0.1, -0.05) is 188 Å². The molecule has 0 bridgehead atoms. The largest absolute Gasteiger partial charge is 0.309 e. The van der Waals surface area contributed by atoms with Crippen molar-refractivity contribution in [1.29, 1.82) is 0 Å². The van der Waals surface area contributed by atoms with E-state index < -0.39 is 0 Å². The molecule has 11 aromatic rings. The maximum Gasteiger partial charge on any atom is 0.0562 e. The third-order valence-corrected chi connectivity index (χ3v) is 11.8. The van der Waals surface area contributed by atoms with Gasteiger partial charge in [-0.05, 0) is 104 Å². The Labute approximate surface area is 350 Å². The zero-order valence-electron chi connectivity index (χ0n) is 33.0. The summed E-state index contributed by atoms with van der Waals surface area (Å²) >= 11 is 0. The SMILES string of the molecule is c1ccc(-c2ccc(-c3ccccc3)c(N(c3ccc(-c4ccc5ccccc5c4)c(-c4ccccc4)c3)c3cccc4c3c3ccccc3n4-c3ccccc3)c2)cc1. The van der Waals surface area contributed by atoms with E-state index in [0.717, 1.165) is 45.0 Å². The minimum atomic E-state index is 1.07. The summed E-state index contributed by atoms with van der Waals surface area (Å²) < 4.78 is 2.41. The summed E-state index contributed by atoms with van der Waals surface area (Å²) in [5.41, 5.74) is 16.1. The van der Waals surface area contributed by atoms with Gasteiger partial charge in [0, 0.05) is 27.7 Å². The lowest BCUT2D eigenvalue weighted by molar-refractivity contribution is 1.18. The quantitative estimate of drug-likeness (QED) is 0.150. The van der Waals surface area contributed by atoms with Gasteiger partial charge in [-0.2, -0.15) is 0 Å². The average Bonchev–Trinajstić information content (AvgIpc) is 3.67. The summed E-state index contributed by atoms with van der Waals surface area (Å²) in [7, 11) is 0. The van der Waals surface area contributed by atoms with E-state index in [0.29, 0.717) is 0 Å². The molecule has 0 amide bonds. The normalized spacial score (nSPS) is 11.3. The van der Waals surface area contributed by atoms with Crippen LogP contribution in [-0.2, 0) is 0 Å². The molecule has 0 aliphatic rings. The highest BCUT2D eigenvalue weighted by Crippen LogP contribution is 2.49. The molecule has 2 heteroatoms. The summed E-state index contributed by atoms with van der Waals surface area (Å²) in [6, 6.07) is 88.1. The lowest BCUT2D eigenvalue weighted by Crippen LogP contribution is -2.12. The van der Waals surface area contributed by atoms with Crippen molar-refractivity contribution in [2.75, 3.05) is 4.90 Å². The number of anilines is 3. The van der Waals surface area contributed by atoms with Gasteiger partial charge in [0.2, 0.25) is 0 Å². The van der Waals surface area contributed by atoms with Crippen molar-refractivity contribution in [3.05, 3.63) is 243 Å². The van der Waals surface area contributed by atoms with Gasteiger partial charge in [-0.25, -0.2) is 0 Å². The molecule has 0 aliphatic carbocycles. The minimum Gasteiger partial charge on any atom is -0.309 e. The first-order valence-corrected chi connectivity index (χ1v) is 20.6. The van der Waals surface area contributed by atoms with Crippen molar-refractivity contribution < 1.29 is 0 Å². The van der Waals surface area contributed by atoms with Crippen LogP contribution in [0.2, 0.25) is 0 Å². The van der Waals surface area contributed by atoms with E-state index in [9.17, 15) is 0 Å². The highest BCUT2D eigenvalue weighted by Gasteiger charge is 2.25. The van der Waals surface area contributed by atoms with E-state index in [1.54, 1.807) is 0 Å². The molecule has 0 spiro atoms. The fraction of sp³-hybridized carbons (Fsp3) is 0. The maximum atomic E-state index is 2.51. The lowest BCUT2D eigenvalue weighted by atomic mass is 9.92. The Balaban J connectivity index is 1.24. The van der Waals surface area contributed by atoms with Crippen LogP contribution in [0.4, 0.5) is 17.1 Å². The van der Waals surface area contributed by atoms with Crippen LogP contribution in [0.5, 0.6) is 0 Å². The van der Waals surface area contributed by atoms with Crippen molar-refractivity contribution in [2.45, 2.75) is 0 Å². The van der Waals surface area contributed by atoms with Crippen LogP contribution >= 0.6 is 0 Å². The predicted molar refractivity (Wildman–Crippen MR) is 255 cm³/mol. The molecular weight excluding hydrogens is 725 g/mol. The molecule has 0 radical (unpaired) electrons. The number of hydrogen-bond acceptors (Lipinski definition) is 1. The molecule has 0 N–H and O–H groups in total. The standard InChI is InChI=1S/C58H40N2/c1-5-18-41(19-6-1)46-34-36-51(43-21-7-2-8-22-43)57(39-46)60(56-31-17-30-55-58(56)52-28-15-16-29-54(52)59(55)48-26-11-4-12-27-48)49-35-37-50(53(40-49)44-23-9-3-10-24-44)47-33-32-42-20-13-14-25-45(42)38-47/h1-40H. The Bertz CT molecular complexity index is 3300. The van der Waals surface area contributed by atoms with E-state index in [1.807, 2.05) is 0 Å². The Morgan fingerprint density at radius 3 is 1.63 bits per heavy atom. The van der Waals surface area contributed by atoms with E-state index >= 15 is 0 Å². The molecule has 60 heavy (non-hydrogen) atoms. The van der Waals surface area contributed by atoms with Crippen LogP contribution in [0.3, 0.4) is 0 Å². The molecule has 1 aromatic heterocycles. The van der Waals surface area contributed by atoms with E-state index in [1.165, 1.54) is 54.9 Å². The number of benzene rings is 10. The van der Waals surface area contributed by atoms with Crippen LogP contribution in [-0.4, -0.2) is 4.57 Å². The second-order valence-corrected chi connectivity index (χ2v) is 15.3. The minimum absolute atomic E-state index is 1.07. The van der Waals surface area contributed by atoms with Crippen molar-refractivity contribution in [3.8, 4) is 50.2 Å². The van der Waals surface area contributed by atoms with Crippen LogP contribution in [0.15, 0.2) is 243 Å². The zero-order valence-corrected chi connectivity index (χ0v) is 33.0. The highest BCUT2D eigenvalue weighted by molar-refractivity contribution is 6.17. The molecule has 0 saturated carbocycles. The van der Waals surface area contributed by atoms with Gasteiger partial charge in [-0.15, -0.1) is 0 Å². The molecule has 10 aromatic carbocycles. The van der Waals surface area contributed by atoms with E-state index in [-0.39, 0.29) is 0 Å². The number of nitrogens with zero attached hydrogens (tertiary/aromatic N) is 2. The van der Waals surface area contributed by atoms with Crippen LogP contribution in [0.25, 0.3) is 82.8 Å². The Morgan fingerprint density at radius 2 is 0.883 bits per heavy atom. The van der Waals surface area contributed by atoms with Gasteiger partial charge in [0.25, 0.3) is 0 Å². The second-order valence-electron chi connectivity index (χ2n) is 15.3. The van der Waals surface area contributed by atoms with Gasteiger partial charge in [0.05, 0.1) is 22.4 Å². The van der Waals surface area contributed by atoms with Crippen LogP contribution in [0, 0.1) is 0 Å². The predicted octanol–water partition coefficient (Wildman–Crippen LogP) is 16.1. The van der Waals surface area contributed by atoms with Crippen LogP contribution in [0.1, 0.15) is 0 Å². The van der Waals surface area contributed by atoms with Gasteiger partial charge in [-0.3, -0.25) is 0 Å². The molecule has 2 nitrogen and oxygen atoms in total. The van der Waals surface area contributed by atoms with Gasteiger partial charge >= 0.3 is 0 Å². The molecule has 1 heterocycles. The van der Waals surface area contributed by atoms with E-state index in [2.05, 4.69) is 252 Å². The summed E-state index contributed by atoms with van der Waals surface area (Å²) in [4.78, 5) is 2.51. The van der Waals surface area contributed by atoms with Crippen molar-refractivity contribution in [2.24, 2.45) is 0 Å². The van der Waals surface area contributed by atoms with Crippen LogP contribution < -0.4 is 4.90 Å². The fourth-order valence-electron chi connectivity index (χ4n) is 8.97. The van der Waals surface area contributed by atoms with E-state index in [4.69, 9.17) is 0 Å². The molecule has 11 rings (SSSR count). The van der Waals surface area contributed by atoms with Gasteiger partial charge in [0.15, 0.2) is 0 Å². The Morgan fingerprint density at radius 1 is 0.300 bits per heavy atom. The number of aromatic nitrogens is 1. The molecule has 282 valence electrons. The van der Waals surface area contributed by atoms with Gasteiger partial charge in [0.1, 0.15) is 0 Å². The monoisotopic (exact) mass is 764 g/mol. The Kier molecular flexibility index (Phi) is 8.87. The molecular formula is C58H40N2. The first-order chi connectivity index (χ1) is 29.8. The topological polar surface area (TPSA) is 8.17 Å². The third-order valence-electron chi connectivity index (χ3n) is 11.8. The number of rotatable bonds is 8. The number of hydrogen-bond donors (Lipinski definition) is 0. The Hall–Kier alpha value is -7.94. The number of fused-ring (bicyclic) bond motifs is 4. The second kappa shape index (κ2) is 15.1. The van der Waals surface area contributed by atoms with Crippen molar-refractivity contribution in [3.63, 3.8) is 0 Å². The van der Waals surface area contributed by atoms with Gasteiger partial charge < -0.3 is 9.47 Å². The smallest absolute Gasteiger partial charge is 0.0562 e.